The Hall–Kier alpha value is -2.79. The fraction of sp³-hybridized carbons (Fsp3) is 0.389. The summed E-state index contributed by atoms with van der Waals surface area (Å²) in [5.41, 5.74) is 1.88. The van der Waals surface area contributed by atoms with Crippen LogP contribution in [0.4, 0.5) is 5.13 Å². The summed E-state index contributed by atoms with van der Waals surface area (Å²) in [4.78, 5) is 32.6. The molecule has 134 valence electrons. The van der Waals surface area contributed by atoms with Crippen LogP contribution in [0.3, 0.4) is 0 Å². The Balaban J connectivity index is 1.72. The molecule has 1 aliphatic rings. The number of rotatable bonds is 4. The Morgan fingerprint density at radius 1 is 1.23 bits per heavy atom. The van der Waals surface area contributed by atoms with E-state index in [1.54, 1.807) is 6.07 Å². The predicted octanol–water partition coefficient (Wildman–Crippen LogP) is 3.21. The fourth-order valence-electron chi connectivity index (χ4n) is 3.11. The van der Waals surface area contributed by atoms with Gasteiger partial charge in [-0.1, -0.05) is 17.4 Å². The first-order valence-corrected chi connectivity index (χ1v) is 9.18. The number of carboxylic acids is 1. The number of anilines is 1. The highest BCUT2D eigenvalue weighted by Gasteiger charge is 2.30. The van der Waals surface area contributed by atoms with Gasteiger partial charge in [0, 0.05) is 11.6 Å². The summed E-state index contributed by atoms with van der Waals surface area (Å²) >= 11 is 1.12. The molecule has 0 saturated heterocycles. The van der Waals surface area contributed by atoms with Crippen molar-refractivity contribution in [3.05, 3.63) is 28.8 Å². The Kier molecular flexibility index (Phi) is 5.28. The van der Waals surface area contributed by atoms with Gasteiger partial charge in [0.25, 0.3) is 0 Å². The van der Waals surface area contributed by atoms with Crippen molar-refractivity contribution in [3.63, 3.8) is 0 Å². The van der Waals surface area contributed by atoms with E-state index in [9.17, 15) is 14.9 Å². The molecule has 1 saturated carbocycles. The fourth-order valence-corrected chi connectivity index (χ4v) is 3.88. The van der Waals surface area contributed by atoms with Gasteiger partial charge >= 0.3 is 5.97 Å². The van der Waals surface area contributed by atoms with E-state index in [4.69, 9.17) is 5.11 Å². The molecule has 3 rings (SSSR count). The van der Waals surface area contributed by atoms with Crippen molar-refractivity contribution in [2.75, 3.05) is 5.32 Å². The topological polar surface area (TPSA) is 116 Å². The highest BCUT2D eigenvalue weighted by molar-refractivity contribution is 7.16. The number of nitrogens with one attached hydrogen (secondary N) is 1. The third kappa shape index (κ3) is 3.89. The Morgan fingerprint density at radius 2 is 1.92 bits per heavy atom. The highest BCUT2D eigenvalue weighted by Crippen LogP contribution is 2.32. The number of hydrogen-bond donors (Lipinski definition) is 2. The molecule has 2 N–H and O–H groups in total. The number of hydrogen-bond acceptors (Lipinski definition) is 6. The van der Waals surface area contributed by atoms with E-state index in [1.165, 1.54) is 0 Å². The van der Waals surface area contributed by atoms with E-state index in [1.807, 2.05) is 19.1 Å². The highest BCUT2D eigenvalue weighted by atomic mass is 32.1. The Morgan fingerprint density at radius 3 is 2.54 bits per heavy atom. The second-order valence-electron chi connectivity index (χ2n) is 6.35. The number of amides is 1. The molecule has 26 heavy (non-hydrogen) atoms. The number of pyridine rings is 1. The smallest absolute Gasteiger partial charge is 0.306 e. The van der Waals surface area contributed by atoms with Crippen molar-refractivity contribution in [2.24, 2.45) is 11.8 Å². The predicted molar refractivity (Wildman–Crippen MR) is 96.5 cm³/mol. The van der Waals surface area contributed by atoms with Crippen molar-refractivity contribution in [2.45, 2.75) is 32.6 Å². The Bertz CT molecular complexity index is 879. The van der Waals surface area contributed by atoms with Crippen molar-refractivity contribution < 1.29 is 14.7 Å². The average molecular weight is 370 g/mol. The third-order valence-electron chi connectivity index (χ3n) is 4.54. The number of carbonyl (C=O) groups is 2. The van der Waals surface area contributed by atoms with Crippen LogP contribution >= 0.6 is 11.3 Å². The van der Waals surface area contributed by atoms with Gasteiger partial charge < -0.3 is 10.4 Å². The van der Waals surface area contributed by atoms with E-state index in [2.05, 4.69) is 21.4 Å². The number of aryl methyl sites for hydroxylation is 1. The molecule has 0 aromatic carbocycles. The van der Waals surface area contributed by atoms with Crippen LogP contribution in [-0.4, -0.2) is 27.0 Å². The molecule has 1 aliphatic carbocycles. The minimum atomic E-state index is -0.794. The molecular formula is C18H18N4O3S. The maximum atomic E-state index is 12.5. The van der Waals surface area contributed by atoms with Crippen LogP contribution in [0.2, 0.25) is 0 Å². The lowest BCUT2D eigenvalue weighted by Gasteiger charge is -2.24. The molecule has 0 atom stereocenters. The SMILES string of the molecule is Cc1cccc(-c2nc(NC(=O)C3CCC(C(=O)O)CC3)sc2C#N)n1. The van der Waals surface area contributed by atoms with Gasteiger partial charge in [0.15, 0.2) is 5.13 Å². The monoisotopic (exact) mass is 370 g/mol. The van der Waals surface area contributed by atoms with E-state index in [0.29, 0.717) is 47.1 Å². The molecule has 8 heteroatoms. The Labute approximate surface area is 154 Å². The summed E-state index contributed by atoms with van der Waals surface area (Å²) in [6.45, 7) is 1.86. The summed E-state index contributed by atoms with van der Waals surface area (Å²) in [5.74, 6) is -1.54. The number of carbonyl (C=O) groups excluding carboxylic acids is 1. The maximum Gasteiger partial charge on any atom is 0.306 e. The van der Waals surface area contributed by atoms with Crippen molar-refractivity contribution in [3.8, 4) is 17.5 Å². The van der Waals surface area contributed by atoms with Crippen molar-refractivity contribution in [1.29, 1.82) is 5.26 Å². The number of nitrogens with zero attached hydrogens (tertiary/aromatic N) is 3. The molecule has 0 radical (unpaired) electrons. The lowest BCUT2D eigenvalue weighted by atomic mass is 9.81. The van der Waals surface area contributed by atoms with Crippen LogP contribution in [0.15, 0.2) is 18.2 Å². The molecule has 7 nitrogen and oxygen atoms in total. The molecule has 2 aromatic heterocycles. The van der Waals surface area contributed by atoms with Crippen LogP contribution in [-0.2, 0) is 9.59 Å². The minimum absolute atomic E-state index is 0.171. The minimum Gasteiger partial charge on any atom is -0.481 e. The van der Waals surface area contributed by atoms with Gasteiger partial charge in [-0.15, -0.1) is 0 Å². The zero-order valence-electron chi connectivity index (χ0n) is 14.2. The third-order valence-corrected chi connectivity index (χ3v) is 5.41. The van der Waals surface area contributed by atoms with Gasteiger partial charge in [-0.3, -0.25) is 14.6 Å². The molecule has 1 fully saturated rings. The average Bonchev–Trinajstić information content (AvgIpc) is 3.04. The normalized spacial score (nSPS) is 19.5. The van der Waals surface area contributed by atoms with Crippen molar-refractivity contribution in [1.82, 2.24) is 9.97 Å². The number of aliphatic carboxylic acids is 1. The first kappa shape index (κ1) is 18.0. The summed E-state index contributed by atoms with van der Waals surface area (Å²) in [6, 6.07) is 7.59. The largest absolute Gasteiger partial charge is 0.481 e. The number of aromatic nitrogens is 2. The summed E-state index contributed by atoms with van der Waals surface area (Å²) in [6.07, 6.45) is 2.11. The number of nitriles is 1. The summed E-state index contributed by atoms with van der Waals surface area (Å²) < 4.78 is 0. The molecule has 1 amide bonds. The molecule has 2 heterocycles. The first-order chi connectivity index (χ1) is 12.5. The molecular weight excluding hydrogens is 352 g/mol. The van der Waals surface area contributed by atoms with Gasteiger partial charge in [-0.25, -0.2) is 4.98 Å². The molecule has 0 unspecified atom stereocenters. The lowest BCUT2D eigenvalue weighted by Crippen LogP contribution is -2.29. The zero-order valence-corrected chi connectivity index (χ0v) is 15.0. The van der Waals surface area contributed by atoms with Crippen LogP contribution in [0.25, 0.3) is 11.4 Å². The van der Waals surface area contributed by atoms with E-state index >= 15 is 0 Å². The van der Waals surface area contributed by atoms with Crippen LogP contribution in [0.5, 0.6) is 0 Å². The molecule has 0 aliphatic heterocycles. The van der Waals surface area contributed by atoms with Gasteiger partial charge in [0.05, 0.1) is 11.6 Å². The zero-order chi connectivity index (χ0) is 18.7. The van der Waals surface area contributed by atoms with E-state index in [-0.39, 0.29) is 17.7 Å². The van der Waals surface area contributed by atoms with Crippen LogP contribution in [0.1, 0.15) is 36.3 Å². The summed E-state index contributed by atoms with van der Waals surface area (Å²) in [7, 11) is 0. The van der Waals surface area contributed by atoms with Crippen LogP contribution < -0.4 is 5.32 Å². The standard InChI is InChI=1S/C18H18N4O3S/c1-10-3-2-4-13(20-10)15-14(9-19)26-18(21-15)22-16(23)11-5-7-12(8-6-11)17(24)25/h2-4,11-12H,5-8H2,1H3,(H,24,25)(H,21,22,23). The number of thiazole rings is 1. The van der Waals surface area contributed by atoms with Crippen molar-refractivity contribution >= 4 is 28.3 Å². The summed E-state index contributed by atoms with van der Waals surface area (Å²) in [5, 5.41) is 21.5. The van der Waals surface area contributed by atoms with E-state index in [0.717, 1.165) is 17.0 Å². The van der Waals surface area contributed by atoms with Gasteiger partial charge in [0.1, 0.15) is 16.6 Å². The lowest BCUT2D eigenvalue weighted by molar-refractivity contribution is -0.143. The quantitative estimate of drug-likeness (QED) is 0.853. The van der Waals surface area contributed by atoms with Gasteiger partial charge in [0.2, 0.25) is 5.91 Å². The second-order valence-corrected chi connectivity index (χ2v) is 7.35. The first-order valence-electron chi connectivity index (χ1n) is 8.36. The van der Waals surface area contributed by atoms with Gasteiger partial charge in [-0.2, -0.15) is 5.26 Å². The molecule has 0 spiro atoms. The van der Waals surface area contributed by atoms with Gasteiger partial charge in [-0.05, 0) is 44.7 Å². The maximum absolute atomic E-state index is 12.5. The molecule has 0 bridgehead atoms. The van der Waals surface area contributed by atoms with E-state index < -0.39 is 5.97 Å². The number of carboxylic acid groups (broad SMARTS) is 1. The van der Waals surface area contributed by atoms with Crippen LogP contribution in [0, 0.1) is 30.1 Å². The second kappa shape index (κ2) is 7.62. The molecule has 2 aromatic rings.